The van der Waals surface area contributed by atoms with Gasteiger partial charge >= 0.3 is 0 Å². The third-order valence-corrected chi connectivity index (χ3v) is 2.17. The Bertz CT molecular complexity index is 137. The molecule has 0 aromatic heterocycles. The Balaban J connectivity index is 1.62. The predicted octanol–water partition coefficient (Wildman–Crippen LogP) is 1.24. The minimum atomic E-state index is 0.524. The number of hydrogen-bond donors (Lipinski definition) is 0. The first kappa shape index (κ1) is 12.9. The maximum absolute atomic E-state index is 5.40. The fourth-order valence-electron chi connectivity index (χ4n) is 1.23. The summed E-state index contributed by atoms with van der Waals surface area (Å²) in [5.41, 5.74) is 0. The molecule has 1 aliphatic heterocycles. The van der Waals surface area contributed by atoms with Crippen LogP contribution in [0.1, 0.15) is 19.8 Å². The number of ether oxygens (including phenoxy) is 4. The Labute approximate surface area is 91.8 Å². The molecule has 1 heterocycles. The fraction of sp³-hybridized carbons (Fsp3) is 1.00. The second kappa shape index (κ2) is 9.09. The van der Waals surface area contributed by atoms with Crippen LogP contribution in [-0.4, -0.2) is 52.4 Å². The molecule has 0 aromatic rings. The molecule has 0 radical (unpaired) electrons. The maximum Gasteiger partial charge on any atom is 0.0810 e. The third-order valence-electron chi connectivity index (χ3n) is 2.17. The van der Waals surface area contributed by atoms with Gasteiger partial charge in [0.05, 0.1) is 39.1 Å². The van der Waals surface area contributed by atoms with Gasteiger partial charge in [-0.1, -0.05) is 0 Å². The van der Waals surface area contributed by atoms with Crippen molar-refractivity contribution >= 4 is 0 Å². The molecule has 1 aliphatic rings. The quantitative estimate of drug-likeness (QED) is 0.386. The summed E-state index contributed by atoms with van der Waals surface area (Å²) in [6.45, 7) is 7.16. The molecule has 1 rings (SSSR count). The van der Waals surface area contributed by atoms with E-state index in [0.717, 1.165) is 32.7 Å². The normalized spacial score (nSPS) is 19.4. The summed E-state index contributed by atoms with van der Waals surface area (Å²) in [5.74, 6) is 0. The molecule has 0 bridgehead atoms. The highest BCUT2D eigenvalue weighted by Crippen LogP contribution is 2.14. The van der Waals surface area contributed by atoms with E-state index in [4.69, 9.17) is 18.9 Å². The van der Waals surface area contributed by atoms with Crippen LogP contribution in [0.2, 0.25) is 0 Å². The first-order valence-electron chi connectivity index (χ1n) is 5.78. The molecular weight excluding hydrogens is 196 g/mol. The standard InChI is InChI=1S/C11H22O4/c1-2-12-6-7-14-9-8-13-5-3-4-11-10-15-11/h11H,2-10H2,1H3. The summed E-state index contributed by atoms with van der Waals surface area (Å²) in [6, 6.07) is 0. The van der Waals surface area contributed by atoms with E-state index in [0.29, 0.717) is 32.5 Å². The lowest BCUT2D eigenvalue weighted by Crippen LogP contribution is -2.09. The molecule has 0 N–H and O–H groups in total. The second-order valence-electron chi connectivity index (χ2n) is 3.52. The minimum absolute atomic E-state index is 0.524. The lowest BCUT2D eigenvalue weighted by molar-refractivity contribution is 0.0161. The lowest BCUT2D eigenvalue weighted by atomic mass is 10.3. The van der Waals surface area contributed by atoms with E-state index in [1.807, 2.05) is 6.92 Å². The van der Waals surface area contributed by atoms with E-state index >= 15 is 0 Å². The monoisotopic (exact) mass is 218 g/mol. The molecule has 1 fully saturated rings. The van der Waals surface area contributed by atoms with Gasteiger partial charge in [0.2, 0.25) is 0 Å². The van der Waals surface area contributed by atoms with E-state index in [-0.39, 0.29) is 0 Å². The molecule has 1 atom stereocenters. The Morgan fingerprint density at radius 3 is 2.20 bits per heavy atom. The van der Waals surface area contributed by atoms with Gasteiger partial charge in [0.25, 0.3) is 0 Å². The first-order chi connectivity index (χ1) is 7.43. The van der Waals surface area contributed by atoms with Crippen molar-refractivity contribution in [2.45, 2.75) is 25.9 Å². The largest absolute Gasteiger partial charge is 0.379 e. The Hall–Kier alpha value is -0.160. The fourth-order valence-corrected chi connectivity index (χ4v) is 1.23. The highest BCUT2D eigenvalue weighted by Gasteiger charge is 2.20. The van der Waals surface area contributed by atoms with Crippen molar-refractivity contribution in [3.8, 4) is 0 Å². The van der Waals surface area contributed by atoms with Gasteiger partial charge in [0, 0.05) is 13.2 Å². The second-order valence-corrected chi connectivity index (χ2v) is 3.52. The minimum Gasteiger partial charge on any atom is -0.379 e. The van der Waals surface area contributed by atoms with Crippen LogP contribution in [0.3, 0.4) is 0 Å². The van der Waals surface area contributed by atoms with Crippen molar-refractivity contribution in [1.29, 1.82) is 0 Å². The van der Waals surface area contributed by atoms with Crippen LogP contribution in [-0.2, 0) is 18.9 Å². The van der Waals surface area contributed by atoms with Crippen molar-refractivity contribution in [3.63, 3.8) is 0 Å². The molecule has 0 saturated carbocycles. The van der Waals surface area contributed by atoms with Crippen LogP contribution < -0.4 is 0 Å². The van der Waals surface area contributed by atoms with Gasteiger partial charge < -0.3 is 18.9 Å². The molecule has 0 aliphatic carbocycles. The Morgan fingerprint density at radius 2 is 1.60 bits per heavy atom. The maximum atomic E-state index is 5.40. The molecule has 0 amide bonds. The van der Waals surface area contributed by atoms with Gasteiger partial charge in [-0.25, -0.2) is 0 Å². The van der Waals surface area contributed by atoms with Crippen LogP contribution in [0.4, 0.5) is 0 Å². The van der Waals surface area contributed by atoms with Crippen LogP contribution in [0.15, 0.2) is 0 Å². The van der Waals surface area contributed by atoms with Crippen LogP contribution >= 0.6 is 0 Å². The topological polar surface area (TPSA) is 40.2 Å². The molecule has 90 valence electrons. The van der Waals surface area contributed by atoms with E-state index < -0.39 is 0 Å². The molecule has 1 saturated heterocycles. The summed E-state index contributed by atoms with van der Waals surface area (Å²) in [5, 5.41) is 0. The van der Waals surface area contributed by atoms with Crippen molar-refractivity contribution in [2.75, 3.05) is 46.2 Å². The van der Waals surface area contributed by atoms with E-state index in [9.17, 15) is 0 Å². The first-order valence-corrected chi connectivity index (χ1v) is 5.78. The zero-order valence-electron chi connectivity index (χ0n) is 9.57. The Morgan fingerprint density at radius 1 is 1.00 bits per heavy atom. The molecule has 4 nitrogen and oxygen atoms in total. The van der Waals surface area contributed by atoms with Gasteiger partial charge in [0.15, 0.2) is 0 Å². The van der Waals surface area contributed by atoms with E-state index in [2.05, 4.69) is 0 Å². The van der Waals surface area contributed by atoms with E-state index in [1.54, 1.807) is 0 Å². The molecular formula is C11H22O4. The van der Waals surface area contributed by atoms with Gasteiger partial charge in [-0.2, -0.15) is 0 Å². The summed E-state index contributed by atoms with van der Waals surface area (Å²) in [4.78, 5) is 0. The zero-order valence-corrected chi connectivity index (χ0v) is 9.57. The highest BCUT2D eigenvalue weighted by atomic mass is 16.6. The van der Waals surface area contributed by atoms with E-state index in [1.165, 1.54) is 0 Å². The Kier molecular flexibility index (Phi) is 7.83. The van der Waals surface area contributed by atoms with Crippen LogP contribution in [0.25, 0.3) is 0 Å². The van der Waals surface area contributed by atoms with Crippen molar-refractivity contribution in [1.82, 2.24) is 0 Å². The van der Waals surface area contributed by atoms with Gasteiger partial charge in [-0.05, 0) is 19.8 Å². The molecule has 15 heavy (non-hydrogen) atoms. The zero-order chi connectivity index (χ0) is 10.8. The number of hydrogen-bond acceptors (Lipinski definition) is 4. The summed E-state index contributed by atoms with van der Waals surface area (Å²) < 4.78 is 20.9. The smallest absolute Gasteiger partial charge is 0.0810 e. The average Bonchev–Trinajstić information content (AvgIpc) is 3.05. The SMILES string of the molecule is CCOCCOCCOCCCC1CO1. The average molecular weight is 218 g/mol. The molecule has 0 spiro atoms. The van der Waals surface area contributed by atoms with Gasteiger partial charge in [0.1, 0.15) is 0 Å². The molecule has 1 unspecified atom stereocenters. The number of epoxide rings is 1. The number of rotatable bonds is 11. The van der Waals surface area contributed by atoms with Crippen LogP contribution in [0, 0.1) is 0 Å². The summed E-state index contributed by atoms with van der Waals surface area (Å²) in [7, 11) is 0. The molecule has 0 aromatic carbocycles. The van der Waals surface area contributed by atoms with Crippen molar-refractivity contribution < 1.29 is 18.9 Å². The summed E-state index contributed by atoms with van der Waals surface area (Å²) >= 11 is 0. The van der Waals surface area contributed by atoms with Gasteiger partial charge in [-0.3, -0.25) is 0 Å². The van der Waals surface area contributed by atoms with Gasteiger partial charge in [-0.15, -0.1) is 0 Å². The van der Waals surface area contributed by atoms with Crippen molar-refractivity contribution in [2.24, 2.45) is 0 Å². The lowest BCUT2D eigenvalue weighted by Gasteiger charge is -2.05. The highest BCUT2D eigenvalue weighted by molar-refractivity contribution is 4.67. The van der Waals surface area contributed by atoms with Crippen LogP contribution in [0.5, 0.6) is 0 Å². The molecule has 4 heteroatoms. The summed E-state index contributed by atoms with van der Waals surface area (Å²) in [6.07, 6.45) is 2.74. The van der Waals surface area contributed by atoms with Crippen molar-refractivity contribution in [3.05, 3.63) is 0 Å². The predicted molar refractivity (Wildman–Crippen MR) is 57.1 cm³/mol. The third kappa shape index (κ3) is 8.81.